The van der Waals surface area contributed by atoms with Gasteiger partial charge in [-0.2, -0.15) is 5.10 Å². The Kier molecular flexibility index (Phi) is 6.31. The molecule has 0 spiro atoms. The fourth-order valence-electron chi connectivity index (χ4n) is 3.70. The van der Waals surface area contributed by atoms with Crippen LogP contribution in [0.5, 0.6) is 0 Å². The summed E-state index contributed by atoms with van der Waals surface area (Å²) in [6, 6.07) is 8.25. The molecule has 8 heteroatoms. The van der Waals surface area contributed by atoms with Crippen molar-refractivity contribution < 1.29 is 9.18 Å². The van der Waals surface area contributed by atoms with Crippen LogP contribution in [-0.4, -0.2) is 28.3 Å². The number of aromatic nitrogens is 2. The average molecular weight is 524 g/mol. The zero-order chi connectivity index (χ0) is 20.4. The van der Waals surface area contributed by atoms with E-state index in [4.69, 9.17) is 5.73 Å². The summed E-state index contributed by atoms with van der Waals surface area (Å²) in [7, 11) is 0. The van der Waals surface area contributed by atoms with Gasteiger partial charge in [0.1, 0.15) is 5.82 Å². The Morgan fingerprint density at radius 1 is 1.38 bits per heavy atom. The highest BCUT2D eigenvalue weighted by atomic mass is 127. The summed E-state index contributed by atoms with van der Waals surface area (Å²) in [5.74, 6) is -0.431. The van der Waals surface area contributed by atoms with Gasteiger partial charge < -0.3 is 11.1 Å². The number of nitrogens with zero attached hydrogens (tertiary/aromatic N) is 2. The number of benzene rings is 1. The van der Waals surface area contributed by atoms with Crippen molar-refractivity contribution in [3.05, 3.63) is 63.2 Å². The van der Waals surface area contributed by atoms with Gasteiger partial charge in [0.2, 0.25) is 0 Å². The molecule has 1 aliphatic rings. The first-order valence-electron chi connectivity index (χ1n) is 9.58. The van der Waals surface area contributed by atoms with E-state index in [0.29, 0.717) is 16.9 Å². The number of fused-ring (bicyclic) bond motifs is 3. The van der Waals surface area contributed by atoms with Crippen molar-refractivity contribution in [1.82, 2.24) is 15.1 Å². The number of hydrogen-bond donors (Lipinski definition) is 2. The summed E-state index contributed by atoms with van der Waals surface area (Å²) in [6.45, 7) is 1.14. The lowest BCUT2D eigenvalue weighted by Crippen LogP contribution is -2.41. The van der Waals surface area contributed by atoms with Gasteiger partial charge in [-0.15, -0.1) is 11.3 Å². The lowest BCUT2D eigenvalue weighted by molar-refractivity contribution is 0.0942. The lowest BCUT2D eigenvalue weighted by atomic mass is 10.1. The van der Waals surface area contributed by atoms with Crippen molar-refractivity contribution in [3.63, 3.8) is 0 Å². The zero-order valence-corrected chi connectivity index (χ0v) is 18.8. The minimum Gasteiger partial charge on any atom is -0.347 e. The number of carbonyl (C=O) groups excluding carboxylic acids is 1. The Bertz CT molecular complexity index is 1030. The van der Waals surface area contributed by atoms with E-state index in [1.165, 1.54) is 27.8 Å². The maximum atomic E-state index is 14.0. The molecule has 4 rings (SSSR count). The highest BCUT2D eigenvalue weighted by Gasteiger charge is 2.24. The number of nitrogens with two attached hydrogens (primary N) is 1. The molecular weight excluding hydrogens is 502 g/mol. The SMILES string of the molecule is NC[C@H](Cc1ccccc1F)NC(=O)c1cc2c(s1)CCCn1ncc(CI)c1-2. The molecule has 3 heterocycles. The minimum absolute atomic E-state index is 0.156. The van der Waals surface area contributed by atoms with E-state index in [9.17, 15) is 9.18 Å². The molecule has 0 fully saturated rings. The van der Waals surface area contributed by atoms with Gasteiger partial charge in [-0.1, -0.05) is 40.8 Å². The molecule has 3 N–H and O–H groups in total. The smallest absolute Gasteiger partial charge is 0.261 e. The van der Waals surface area contributed by atoms with E-state index in [2.05, 4.69) is 37.7 Å². The number of amides is 1. The van der Waals surface area contributed by atoms with Gasteiger partial charge in [0.15, 0.2) is 0 Å². The van der Waals surface area contributed by atoms with E-state index in [0.717, 1.165) is 35.1 Å². The lowest BCUT2D eigenvalue weighted by Gasteiger charge is -2.16. The number of hydrogen-bond acceptors (Lipinski definition) is 4. The Morgan fingerprint density at radius 3 is 2.97 bits per heavy atom. The normalized spacial score (nSPS) is 14.0. The molecular formula is C21H22FIN4OS. The Labute approximate surface area is 186 Å². The van der Waals surface area contributed by atoms with Crippen LogP contribution in [0.1, 0.15) is 32.1 Å². The molecule has 0 bridgehead atoms. The molecule has 1 amide bonds. The van der Waals surface area contributed by atoms with Crippen molar-refractivity contribution in [2.24, 2.45) is 5.73 Å². The van der Waals surface area contributed by atoms with E-state index in [1.54, 1.807) is 18.2 Å². The molecule has 0 aliphatic carbocycles. The van der Waals surface area contributed by atoms with Gasteiger partial charge in [-0.05, 0) is 37.0 Å². The second-order valence-electron chi connectivity index (χ2n) is 7.13. The fourth-order valence-corrected chi connectivity index (χ4v) is 5.36. The molecule has 152 valence electrons. The van der Waals surface area contributed by atoms with Crippen molar-refractivity contribution in [3.8, 4) is 11.3 Å². The monoisotopic (exact) mass is 524 g/mol. The first-order chi connectivity index (χ1) is 14.1. The Morgan fingerprint density at radius 2 is 2.21 bits per heavy atom. The zero-order valence-electron chi connectivity index (χ0n) is 15.8. The molecule has 2 aromatic heterocycles. The first kappa shape index (κ1) is 20.5. The molecule has 0 unspecified atom stereocenters. The number of rotatable bonds is 6. The van der Waals surface area contributed by atoms with Crippen LogP contribution in [0.4, 0.5) is 4.39 Å². The van der Waals surface area contributed by atoms with E-state index >= 15 is 0 Å². The summed E-state index contributed by atoms with van der Waals surface area (Å²) in [5, 5.41) is 7.51. The summed E-state index contributed by atoms with van der Waals surface area (Å²) in [4.78, 5) is 14.8. The largest absolute Gasteiger partial charge is 0.347 e. The van der Waals surface area contributed by atoms with E-state index in [1.807, 2.05) is 12.3 Å². The number of carbonyl (C=O) groups is 1. The van der Waals surface area contributed by atoms with Gasteiger partial charge in [-0.3, -0.25) is 9.48 Å². The fraction of sp³-hybridized carbons (Fsp3) is 0.333. The second kappa shape index (κ2) is 8.93. The summed E-state index contributed by atoms with van der Waals surface area (Å²) >= 11 is 3.88. The summed E-state index contributed by atoms with van der Waals surface area (Å²) in [6.07, 6.45) is 4.23. The third-order valence-electron chi connectivity index (χ3n) is 5.16. The van der Waals surface area contributed by atoms with Crippen LogP contribution in [0.2, 0.25) is 0 Å². The van der Waals surface area contributed by atoms with Gasteiger partial charge >= 0.3 is 0 Å². The van der Waals surface area contributed by atoms with Crippen LogP contribution >= 0.6 is 33.9 Å². The number of halogens is 2. The summed E-state index contributed by atoms with van der Waals surface area (Å²) in [5.41, 5.74) is 9.84. The second-order valence-corrected chi connectivity index (χ2v) is 9.03. The molecule has 1 aliphatic heterocycles. The molecule has 0 radical (unpaired) electrons. The van der Waals surface area contributed by atoms with Crippen LogP contribution in [0.25, 0.3) is 11.3 Å². The van der Waals surface area contributed by atoms with E-state index < -0.39 is 0 Å². The van der Waals surface area contributed by atoms with Crippen LogP contribution in [-0.2, 0) is 23.8 Å². The Hall–Kier alpha value is -1.78. The van der Waals surface area contributed by atoms with Crippen molar-refractivity contribution in [2.45, 2.75) is 36.3 Å². The van der Waals surface area contributed by atoms with Crippen LogP contribution in [0.15, 0.2) is 36.5 Å². The highest BCUT2D eigenvalue weighted by Crippen LogP contribution is 2.37. The van der Waals surface area contributed by atoms with Gasteiger partial charge in [0, 0.05) is 39.6 Å². The van der Waals surface area contributed by atoms with Gasteiger partial charge in [0.25, 0.3) is 5.91 Å². The van der Waals surface area contributed by atoms with Crippen molar-refractivity contribution >= 4 is 39.8 Å². The maximum Gasteiger partial charge on any atom is 0.261 e. The predicted molar refractivity (Wildman–Crippen MR) is 122 cm³/mol. The number of alkyl halides is 1. The number of thiophene rings is 1. The molecule has 1 atom stereocenters. The number of nitrogens with one attached hydrogen (secondary N) is 1. The predicted octanol–water partition coefficient (Wildman–Crippen LogP) is 3.93. The quantitative estimate of drug-likeness (QED) is 0.379. The molecule has 0 saturated heterocycles. The van der Waals surface area contributed by atoms with Crippen LogP contribution < -0.4 is 11.1 Å². The third kappa shape index (κ3) is 4.24. The topological polar surface area (TPSA) is 72.9 Å². The summed E-state index contributed by atoms with van der Waals surface area (Å²) < 4.78 is 16.9. The minimum atomic E-state index is -0.322. The van der Waals surface area contributed by atoms with Gasteiger partial charge in [-0.25, -0.2) is 4.39 Å². The Balaban J connectivity index is 1.56. The standard InChI is InChI=1S/C21H22FIN4OS/c22-17-5-2-1-4-13(17)8-15(11-24)26-21(28)19-9-16-18(29-19)6-3-7-27-20(16)14(10-23)12-25-27/h1-2,4-5,9,12,15H,3,6-8,10-11,24H2,(H,26,28)/t15-/m0/s1. The van der Waals surface area contributed by atoms with Crippen molar-refractivity contribution in [1.29, 1.82) is 0 Å². The van der Waals surface area contributed by atoms with Gasteiger partial charge in [0.05, 0.1) is 16.8 Å². The molecule has 0 saturated carbocycles. The number of aryl methyl sites for hydroxylation is 2. The first-order valence-corrected chi connectivity index (χ1v) is 11.9. The molecule has 29 heavy (non-hydrogen) atoms. The van der Waals surface area contributed by atoms with Crippen LogP contribution in [0, 0.1) is 5.82 Å². The van der Waals surface area contributed by atoms with Crippen molar-refractivity contribution in [2.75, 3.05) is 6.54 Å². The third-order valence-corrected chi connectivity index (χ3v) is 7.18. The molecule has 3 aromatic rings. The average Bonchev–Trinajstić information content (AvgIpc) is 3.29. The van der Waals surface area contributed by atoms with Crippen LogP contribution in [0.3, 0.4) is 0 Å². The molecule has 5 nitrogen and oxygen atoms in total. The molecule has 1 aromatic carbocycles. The highest BCUT2D eigenvalue weighted by molar-refractivity contribution is 14.1. The maximum absolute atomic E-state index is 14.0. The van der Waals surface area contributed by atoms with E-state index in [-0.39, 0.29) is 24.3 Å².